The minimum Gasteiger partial charge on any atom is -0.266 e. The molecule has 62 valence electrons. The van der Waals surface area contributed by atoms with E-state index in [1.165, 1.54) is 0 Å². The standard InChI is InChI=1S/C7H3BrClIN2/c8-4-1-3(10)2-5-6(4)7(9)12-11-5/h1-2H,(H,11,12). The Kier molecular flexibility index (Phi) is 2.31. The van der Waals surface area contributed by atoms with Crippen molar-refractivity contribution in [1.82, 2.24) is 10.2 Å². The zero-order valence-electron chi connectivity index (χ0n) is 5.74. The van der Waals surface area contributed by atoms with E-state index in [1.54, 1.807) is 0 Å². The third-order valence-corrected chi connectivity index (χ3v) is 3.05. The topological polar surface area (TPSA) is 28.7 Å². The molecule has 0 aliphatic carbocycles. The Hall–Kier alpha value is 0.190. The van der Waals surface area contributed by atoms with E-state index in [9.17, 15) is 0 Å². The molecule has 0 fully saturated rings. The van der Waals surface area contributed by atoms with E-state index in [0.29, 0.717) is 5.15 Å². The summed E-state index contributed by atoms with van der Waals surface area (Å²) in [7, 11) is 0. The highest BCUT2D eigenvalue weighted by Crippen LogP contribution is 2.30. The van der Waals surface area contributed by atoms with Crippen molar-refractivity contribution in [2.45, 2.75) is 0 Å². The summed E-state index contributed by atoms with van der Waals surface area (Å²) in [6, 6.07) is 3.98. The molecular formula is C7H3BrClIN2. The average Bonchev–Trinajstić information content (AvgIpc) is 2.31. The molecule has 0 atom stereocenters. The zero-order chi connectivity index (χ0) is 8.72. The van der Waals surface area contributed by atoms with Gasteiger partial charge in [0.1, 0.15) is 5.15 Å². The monoisotopic (exact) mass is 356 g/mol. The maximum absolute atomic E-state index is 5.88. The summed E-state index contributed by atoms with van der Waals surface area (Å²) in [5, 5.41) is 8.29. The van der Waals surface area contributed by atoms with Crippen LogP contribution in [0.4, 0.5) is 0 Å². The van der Waals surface area contributed by atoms with Gasteiger partial charge in [-0.2, -0.15) is 5.10 Å². The van der Waals surface area contributed by atoms with Gasteiger partial charge in [0.25, 0.3) is 0 Å². The molecule has 1 heterocycles. The molecule has 0 unspecified atom stereocenters. The molecule has 2 aromatic rings. The molecule has 0 spiro atoms. The van der Waals surface area contributed by atoms with Crippen LogP contribution in [-0.2, 0) is 0 Å². The van der Waals surface area contributed by atoms with Gasteiger partial charge in [-0.05, 0) is 50.7 Å². The number of rotatable bonds is 0. The van der Waals surface area contributed by atoms with Crippen LogP contribution in [0, 0.1) is 3.57 Å². The van der Waals surface area contributed by atoms with Crippen LogP contribution in [0.5, 0.6) is 0 Å². The van der Waals surface area contributed by atoms with Crippen molar-refractivity contribution in [2.24, 2.45) is 0 Å². The predicted octanol–water partition coefficient (Wildman–Crippen LogP) is 3.58. The number of nitrogens with one attached hydrogen (secondary N) is 1. The minimum atomic E-state index is 0.577. The molecule has 5 heteroatoms. The lowest BCUT2D eigenvalue weighted by Gasteiger charge is -1.94. The fourth-order valence-electron chi connectivity index (χ4n) is 1.03. The van der Waals surface area contributed by atoms with E-state index in [1.807, 2.05) is 12.1 Å². The normalized spacial score (nSPS) is 10.9. The molecule has 1 aromatic carbocycles. The van der Waals surface area contributed by atoms with Crippen LogP contribution >= 0.6 is 50.1 Å². The number of fused-ring (bicyclic) bond motifs is 1. The Balaban J connectivity index is 2.93. The summed E-state index contributed by atoms with van der Waals surface area (Å²) in [5.74, 6) is 0. The van der Waals surface area contributed by atoms with Crippen molar-refractivity contribution in [3.05, 3.63) is 25.3 Å². The van der Waals surface area contributed by atoms with Crippen LogP contribution in [0.1, 0.15) is 0 Å². The van der Waals surface area contributed by atoms with Crippen LogP contribution in [0.25, 0.3) is 10.9 Å². The van der Waals surface area contributed by atoms with Gasteiger partial charge in [0, 0.05) is 8.04 Å². The molecule has 0 bridgehead atoms. The van der Waals surface area contributed by atoms with E-state index in [0.717, 1.165) is 18.9 Å². The Morgan fingerprint density at radius 1 is 1.50 bits per heavy atom. The van der Waals surface area contributed by atoms with Crippen molar-refractivity contribution in [1.29, 1.82) is 0 Å². The fourth-order valence-corrected chi connectivity index (χ4v) is 3.07. The molecule has 2 nitrogen and oxygen atoms in total. The lowest BCUT2D eigenvalue weighted by atomic mass is 10.3. The van der Waals surface area contributed by atoms with Gasteiger partial charge in [0.05, 0.1) is 10.9 Å². The second-order valence-corrected chi connectivity index (χ2v) is 4.80. The molecule has 1 aromatic heterocycles. The summed E-state index contributed by atoms with van der Waals surface area (Å²) < 4.78 is 2.11. The average molecular weight is 357 g/mol. The number of hydrogen-bond donors (Lipinski definition) is 1. The molecule has 0 saturated heterocycles. The molecule has 12 heavy (non-hydrogen) atoms. The number of aromatic nitrogens is 2. The summed E-state index contributed by atoms with van der Waals surface area (Å²) in [4.78, 5) is 0. The summed E-state index contributed by atoms with van der Waals surface area (Å²) >= 11 is 11.5. The zero-order valence-corrected chi connectivity index (χ0v) is 10.2. The first-order valence-electron chi connectivity index (χ1n) is 3.17. The van der Waals surface area contributed by atoms with E-state index < -0.39 is 0 Å². The van der Waals surface area contributed by atoms with Gasteiger partial charge in [0.2, 0.25) is 0 Å². The molecule has 0 amide bonds. The quantitative estimate of drug-likeness (QED) is 0.718. The van der Waals surface area contributed by atoms with Gasteiger partial charge < -0.3 is 0 Å². The molecule has 0 saturated carbocycles. The third-order valence-electron chi connectivity index (χ3n) is 1.53. The largest absolute Gasteiger partial charge is 0.266 e. The predicted molar refractivity (Wildman–Crippen MR) is 61.5 cm³/mol. The first-order valence-corrected chi connectivity index (χ1v) is 5.42. The summed E-state index contributed by atoms with van der Waals surface area (Å²) in [6.45, 7) is 0. The van der Waals surface area contributed by atoms with Crippen molar-refractivity contribution >= 4 is 61.0 Å². The third kappa shape index (κ3) is 1.36. The van der Waals surface area contributed by atoms with Gasteiger partial charge in [-0.1, -0.05) is 11.6 Å². The second kappa shape index (κ2) is 3.16. The SMILES string of the molecule is Clc1[nH]nc2cc(I)cc(Br)c12. The highest BCUT2D eigenvalue weighted by atomic mass is 127. The molecule has 0 aliphatic rings. The molecule has 0 aliphatic heterocycles. The number of hydrogen-bond acceptors (Lipinski definition) is 1. The maximum Gasteiger partial charge on any atom is 0.133 e. The lowest BCUT2D eigenvalue weighted by Crippen LogP contribution is -1.74. The minimum absolute atomic E-state index is 0.577. The van der Waals surface area contributed by atoms with Crippen LogP contribution in [0.15, 0.2) is 16.6 Å². The van der Waals surface area contributed by atoms with Crippen LogP contribution in [0.2, 0.25) is 5.15 Å². The van der Waals surface area contributed by atoms with Gasteiger partial charge in [-0.3, -0.25) is 5.10 Å². The van der Waals surface area contributed by atoms with Gasteiger partial charge in [-0.15, -0.1) is 0 Å². The van der Waals surface area contributed by atoms with Crippen molar-refractivity contribution in [3.8, 4) is 0 Å². The molecule has 0 radical (unpaired) electrons. The Morgan fingerprint density at radius 3 is 3.00 bits per heavy atom. The number of benzene rings is 1. The number of H-pyrrole nitrogens is 1. The Morgan fingerprint density at radius 2 is 2.25 bits per heavy atom. The number of aromatic amines is 1. The van der Waals surface area contributed by atoms with Crippen molar-refractivity contribution < 1.29 is 0 Å². The maximum atomic E-state index is 5.88. The van der Waals surface area contributed by atoms with E-state index >= 15 is 0 Å². The highest BCUT2D eigenvalue weighted by molar-refractivity contribution is 14.1. The smallest absolute Gasteiger partial charge is 0.133 e. The van der Waals surface area contributed by atoms with Gasteiger partial charge in [0.15, 0.2) is 0 Å². The second-order valence-electron chi connectivity index (χ2n) is 2.32. The van der Waals surface area contributed by atoms with Gasteiger partial charge >= 0.3 is 0 Å². The van der Waals surface area contributed by atoms with E-state index in [4.69, 9.17) is 11.6 Å². The van der Waals surface area contributed by atoms with Crippen LogP contribution < -0.4 is 0 Å². The highest BCUT2D eigenvalue weighted by Gasteiger charge is 2.07. The number of halogens is 3. The first-order chi connectivity index (χ1) is 5.68. The number of nitrogens with zero attached hydrogens (tertiary/aromatic N) is 1. The Labute approximate surface area is 95.9 Å². The molecular weight excluding hydrogens is 354 g/mol. The summed E-state index contributed by atoms with van der Waals surface area (Å²) in [6.07, 6.45) is 0. The fraction of sp³-hybridized carbons (Fsp3) is 0. The first kappa shape index (κ1) is 8.77. The molecule has 2 rings (SSSR count). The lowest BCUT2D eigenvalue weighted by molar-refractivity contribution is 1.12. The molecule has 1 N–H and O–H groups in total. The van der Waals surface area contributed by atoms with Crippen LogP contribution in [-0.4, -0.2) is 10.2 Å². The van der Waals surface area contributed by atoms with Crippen molar-refractivity contribution in [2.75, 3.05) is 0 Å². The van der Waals surface area contributed by atoms with E-state index in [2.05, 4.69) is 48.7 Å². The van der Waals surface area contributed by atoms with Crippen LogP contribution in [0.3, 0.4) is 0 Å². The van der Waals surface area contributed by atoms with Crippen molar-refractivity contribution in [3.63, 3.8) is 0 Å². The van der Waals surface area contributed by atoms with E-state index in [-0.39, 0.29) is 0 Å². The Bertz CT molecular complexity index is 440. The van der Waals surface area contributed by atoms with Gasteiger partial charge in [-0.25, -0.2) is 0 Å². The summed E-state index contributed by atoms with van der Waals surface area (Å²) in [5.41, 5.74) is 0.888.